The van der Waals surface area contributed by atoms with Gasteiger partial charge in [0.2, 0.25) is 5.91 Å². The lowest BCUT2D eigenvalue weighted by Crippen LogP contribution is -2.45. The number of imidazole rings is 1. The van der Waals surface area contributed by atoms with E-state index >= 15 is 0 Å². The molecule has 1 unspecified atom stereocenters. The monoisotopic (exact) mass is 511 g/mol. The molecular weight excluding hydrogens is 482 g/mol. The molecule has 2 saturated heterocycles. The van der Waals surface area contributed by atoms with E-state index in [2.05, 4.69) is 37.6 Å². The molecule has 190 valence electrons. The molecule has 5 N–H and O–H groups in total. The number of aromatic nitrogens is 2. The summed E-state index contributed by atoms with van der Waals surface area (Å²) in [4.78, 5) is 42.4. The van der Waals surface area contributed by atoms with Crippen molar-refractivity contribution >= 4 is 39.6 Å². The highest BCUT2D eigenvalue weighted by molar-refractivity contribution is 8.15. The number of piperidine rings is 1. The molecule has 2 fully saturated rings. The number of nitrogens with one attached hydrogen (secondary N) is 4. The van der Waals surface area contributed by atoms with Gasteiger partial charge in [0.15, 0.2) is 0 Å². The number of benzene rings is 2. The normalized spacial score (nSPS) is 19.6. The first-order valence-corrected chi connectivity index (χ1v) is 12.9. The van der Waals surface area contributed by atoms with Crippen molar-refractivity contribution in [2.45, 2.75) is 36.7 Å². The number of carbonyl (C=O) groups excluding carboxylic acids is 2. The molecule has 11 heteroatoms. The molecule has 0 saturated carbocycles. The minimum Gasteiger partial charge on any atom is -0.489 e. The summed E-state index contributed by atoms with van der Waals surface area (Å²) in [5.41, 5.74) is 3.15. The van der Waals surface area contributed by atoms with Crippen molar-refractivity contribution in [3.8, 4) is 5.75 Å². The Morgan fingerprint density at radius 2 is 1.86 bits per heavy atom. The molecule has 0 radical (unpaired) electrons. The number of para-hydroxylation sites is 1. The number of fused-ring (bicyclic) bond motifs is 1. The summed E-state index contributed by atoms with van der Waals surface area (Å²) in [5, 5.41) is 15.5. The van der Waals surface area contributed by atoms with Gasteiger partial charge >= 0.3 is 5.69 Å². The summed E-state index contributed by atoms with van der Waals surface area (Å²) in [5.74, 6) is 0.317. The first-order chi connectivity index (χ1) is 17.4. The van der Waals surface area contributed by atoms with E-state index in [1.54, 1.807) is 18.2 Å². The maximum atomic E-state index is 11.8. The van der Waals surface area contributed by atoms with E-state index in [-0.39, 0.29) is 28.7 Å². The lowest BCUT2D eigenvalue weighted by Gasteiger charge is -2.34. The SMILES string of the molecule is O=C1NC(=O)C(Cc2ccc(N3CCC(NC[C@H](O)COc4cccc5[nH]c(=O)[nH]c45)CC3)cc2)S1. The van der Waals surface area contributed by atoms with Crippen LogP contribution in [0.4, 0.5) is 10.5 Å². The molecular formula is C25H29N5O5S. The highest BCUT2D eigenvalue weighted by Gasteiger charge is 2.31. The van der Waals surface area contributed by atoms with Crippen molar-refractivity contribution < 1.29 is 19.4 Å². The topological polar surface area (TPSA) is 140 Å². The lowest BCUT2D eigenvalue weighted by molar-refractivity contribution is -0.118. The molecule has 3 aromatic rings. The fourth-order valence-corrected chi connectivity index (χ4v) is 5.49. The van der Waals surface area contributed by atoms with Crippen LogP contribution in [0.3, 0.4) is 0 Å². The second-order valence-corrected chi connectivity index (χ2v) is 10.3. The number of carbonyl (C=O) groups is 2. The van der Waals surface area contributed by atoms with Crippen molar-refractivity contribution in [3.63, 3.8) is 0 Å². The number of rotatable bonds is 9. The minimum atomic E-state index is -0.674. The Kier molecular flexibility index (Phi) is 7.30. The van der Waals surface area contributed by atoms with Crippen molar-refractivity contribution in [3.05, 3.63) is 58.5 Å². The number of thioether (sulfide) groups is 1. The molecule has 2 atom stereocenters. The number of ether oxygens (including phenoxy) is 1. The number of nitrogens with zero attached hydrogens (tertiary/aromatic N) is 1. The van der Waals surface area contributed by atoms with Crippen LogP contribution in [-0.4, -0.2) is 69.9 Å². The first kappa shape index (κ1) is 24.4. The molecule has 2 aromatic carbocycles. The Balaban J connectivity index is 1.04. The van der Waals surface area contributed by atoms with E-state index in [0.717, 1.165) is 48.9 Å². The first-order valence-electron chi connectivity index (χ1n) is 12.1. The number of hydrogen-bond donors (Lipinski definition) is 5. The Labute approximate surface area is 211 Å². The van der Waals surface area contributed by atoms with Gasteiger partial charge in [0.25, 0.3) is 5.24 Å². The van der Waals surface area contributed by atoms with Crippen LogP contribution in [0, 0.1) is 0 Å². The van der Waals surface area contributed by atoms with E-state index in [0.29, 0.717) is 35.8 Å². The number of hydrogen-bond acceptors (Lipinski definition) is 8. The van der Waals surface area contributed by atoms with Crippen LogP contribution in [0.25, 0.3) is 11.0 Å². The average molecular weight is 512 g/mol. The van der Waals surface area contributed by atoms with Gasteiger partial charge < -0.3 is 30.0 Å². The van der Waals surface area contributed by atoms with Gasteiger partial charge in [-0.25, -0.2) is 4.79 Å². The molecule has 3 heterocycles. The van der Waals surface area contributed by atoms with Crippen LogP contribution in [0.2, 0.25) is 0 Å². The van der Waals surface area contributed by atoms with Crippen molar-refractivity contribution in [2.75, 3.05) is 31.1 Å². The van der Waals surface area contributed by atoms with Crippen LogP contribution in [0.5, 0.6) is 5.75 Å². The summed E-state index contributed by atoms with van der Waals surface area (Å²) in [6.45, 7) is 2.36. The van der Waals surface area contributed by atoms with Crippen LogP contribution in [0.1, 0.15) is 18.4 Å². The van der Waals surface area contributed by atoms with Crippen molar-refractivity contribution in [2.24, 2.45) is 0 Å². The Hall–Kier alpha value is -3.28. The molecule has 36 heavy (non-hydrogen) atoms. The Bertz CT molecular complexity index is 1280. The van der Waals surface area contributed by atoms with Gasteiger partial charge in [0.1, 0.15) is 24.0 Å². The van der Waals surface area contributed by atoms with Crippen LogP contribution in [-0.2, 0) is 11.2 Å². The number of aliphatic hydroxyl groups is 1. The largest absolute Gasteiger partial charge is 0.489 e. The van der Waals surface area contributed by atoms with Gasteiger partial charge in [-0.2, -0.15) is 0 Å². The summed E-state index contributed by atoms with van der Waals surface area (Å²) in [7, 11) is 0. The molecule has 2 aliphatic heterocycles. The van der Waals surface area contributed by atoms with Gasteiger partial charge in [-0.05, 0) is 49.1 Å². The van der Waals surface area contributed by atoms with E-state index in [1.165, 1.54) is 0 Å². The summed E-state index contributed by atoms with van der Waals surface area (Å²) < 4.78 is 5.74. The van der Waals surface area contributed by atoms with Gasteiger partial charge in [0.05, 0.1) is 10.8 Å². The third-order valence-electron chi connectivity index (χ3n) is 6.57. The van der Waals surface area contributed by atoms with E-state index < -0.39 is 6.10 Å². The number of aliphatic hydroxyl groups excluding tert-OH is 1. The van der Waals surface area contributed by atoms with Gasteiger partial charge in [-0.1, -0.05) is 30.0 Å². The van der Waals surface area contributed by atoms with Crippen LogP contribution in [0.15, 0.2) is 47.3 Å². The third kappa shape index (κ3) is 5.75. The summed E-state index contributed by atoms with van der Waals surface area (Å²) in [6.07, 6.45) is 1.78. The molecule has 5 rings (SSSR count). The number of H-pyrrole nitrogens is 2. The van der Waals surface area contributed by atoms with Crippen molar-refractivity contribution in [1.82, 2.24) is 20.6 Å². The standard InChI is InChI=1S/C25H29N5O5S/c31-18(14-35-20-3-1-2-19-22(20)28-24(33)27-19)13-26-16-8-10-30(11-9-16)17-6-4-15(5-7-17)12-21-23(32)29-25(34)36-21/h1-7,16,18,21,26,31H,8-14H2,(H2,27,28,33)(H,29,32,34)/t18-,21?/m0/s1. The molecule has 0 spiro atoms. The number of imide groups is 1. The zero-order chi connectivity index (χ0) is 25.1. The predicted molar refractivity (Wildman–Crippen MR) is 139 cm³/mol. The van der Waals surface area contributed by atoms with Crippen molar-refractivity contribution in [1.29, 1.82) is 0 Å². The maximum absolute atomic E-state index is 11.8. The molecule has 10 nitrogen and oxygen atoms in total. The minimum absolute atomic E-state index is 0.125. The zero-order valence-corrected chi connectivity index (χ0v) is 20.5. The molecule has 0 bridgehead atoms. The molecule has 1 aromatic heterocycles. The maximum Gasteiger partial charge on any atom is 0.323 e. The number of aromatic amines is 2. The fourth-order valence-electron chi connectivity index (χ4n) is 4.63. The van der Waals surface area contributed by atoms with E-state index in [4.69, 9.17) is 4.74 Å². The molecule has 0 aliphatic carbocycles. The highest BCUT2D eigenvalue weighted by atomic mass is 32.2. The predicted octanol–water partition coefficient (Wildman–Crippen LogP) is 1.75. The van der Waals surface area contributed by atoms with Gasteiger partial charge in [-0.15, -0.1) is 0 Å². The summed E-state index contributed by atoms with van der Waals surface area (Å²) in [6, 6.07) is 13.9. The summed E-state index contributed by atoms with van der Waals surface area (Å²) >= 11 is 1.05. The van der Waals surface area contributed by atoms with Gasteiger partial charge in [-0.3, -0.25) is 14.9 Å². The van der Waals surface area contributed by atoms with Crippen LogP contribution >= 0.6 is 11.8 Å². The van der Waals surface area contributed by atoms with E-state index in [1.807, 2.05) is 12.1 Å². The van der Waals surface area contributed by atoms with Crippen LogP contribution < -0.4 is 26.0 Å². The lowest BCUT2D eigenvalue weighted by atomic mass is 10.0. The smallest absolute Gasteiger partial charge is 0.323 e. The quantitative estimate of drug-likeness (QED) is 0.293. The van der Waals surface area contributed by atoms with E-state index in [9.17, 15) is 19.5 Å². The molecule has 2 amide bonds. The second kappa shape index (κ2) is 10.8. The zero-order valence-electron chi connectivity index (χ0n) is 19.7. The Morgan fingerprint density at radius 3 is 2.58 bits per heavy atom. The van der Waals surface area contributed by atoms with Gasteiger partial charge in [0, 0.05) is 31.4 Å². The second-order valence-electron chi connectivity index (χ2n) is 9.15. The average Bonchev–Trinajstić information content (AvgIpc) is 3.42. The Morgan fingerprint density at radius 1 is 1.08 bits per heavy atom. The number of anilines is 1. The third-order valence-corrected chi connectivity index (χ3v) is 7.55. The highest BCUT2D eigenvalue weighted by Crippen LogP contribution is 2.25. The fraction of sp³-hybridized carbons (Fsp3) is 0.400. The number of amides is 2. The molecule has 2 aliphatic rings.